The highest BCUT2D eigenvalue weighted by Gasteiger charge is 2.25. The largest absolute Gasteiger partial charge is 0.346 e. The second-order valence-electron chi connectivity index (χ2n) is 6.65. The minimum Gasteiger partial charge on any atom is -0.346 e. The lowest BCUT2D eigenvalue weighted by molar-refractivity contribution is -0.122. The summed E-state index contributed by atoms with van der Waals surface area (Å²) in [6, 6.07) is 7.27. The number of aryl methyl sites for hydroxylation is 3. The zero-order chi connectivity index (χ0) is 18.3. The number of amides is 1. The fourth-order valence-corrected chi connectivity index (χ4v) is 4.61. The minimum atomic E-state index is -0.241. The van der Waals surface area contributed by atoms with E-state index >= 15 is 0 Å². The van der Waals surface area contributed by atoms with Crippen molar-refractivity contribution in [1.82, 2.24) is 20.1 Å². The van der Waals surface area contributed by atoms with E-state index in [1.54, 1.807) is 17.4 Å². The Morgan fingerprint density at radius 1 is 1.31 bits per heavy atom. The van der Waals surface area contributed by atoms with E-state index in [0.717, 1.165) is 41.0 Å². The Bertz CT molecular complexity index is 1050. The van der Waals surface area contributed by atoms with Crippen molar-refractivity contribution >= 4 is 28.0 Å². The molecule has 0 spiro atoms. The summed E-state index contributed by atoms with van der Waals surface area (Å²) < 4.78 is 1.25. The molecule has 0 radical (unpaired) electrons. The minimum absolute atomic E-state index is 0.0755. The van der Waals surface area contributed by atoms with Gasteiger partial charge in [0.05, 0.1) is 27.8 Å². The van der Waals surface area contributed by atoms with Crippen LogP contribution >= 0.6 is 11.3 Å². The predicted octanol–water partition coefficient (Wildman–Crippen LogP) is 2.66. The first-order valence-corrected chi connectivity index (χ1v) is 9.56. The molecule has 3 aromatic rings. The van der Waals surface area contributed by atoms with Crippen LogP contribution in [0.25, 0.3) is 10.8 Å². The number of fused-ring (bicyclic) bond motifs is 2. The van der Waals surface area contributed by atoms with Gasteiger partial charge >= 0.3 is 0 Å². The van der Waals surface area contributed by atoms with Crippen LogP contribution in [0.3, 0.4) is 0 Å². The van der Waals surface area contributed by atoms with E-state index in [2.05, 4.69) is 15.4 Å². The van der Waals surface area contributed by atoms with Gasteiger partial charge in [-0.2, -0.15) is 5.10 Å². The Morgan fingerprint density at radius 2 is 2.08 bits per heavy atom. The van der Waals surface area contributed by atoms with Crippen molar-refractivity contribution in [2.24, 2.45) is 0 Å². The molecule has 1 aliphatic carbocycles. The average Bonchev–Trinajstić information content (AvgIpc) is 3.01. The molecule has 0 bridgehead atoms. The van der Waals surface area contributed by atoms with E-state index in [9.17, 15) is 9.59 Å². The van der Waals surface area contributed by atoms with Crippen molar-refractivity contribution in [2.75, 3.05) is 0 Å². The molecular formula is C19H20N4O2S. The van der Waals surface area contributed by atoms with E-state index < -0.39 is 0 Å². The van der Waals surface area contributed by atoms with Crippen LogP contribution in [0.4, 0.5) is 0 Å². The van der Waals surface area contributed by atoms with Gasteiger partial charge in [-0.3, -0.25) is 9.59 Å². The number of aromatic nitrogens is 3. The summed E-state index contributed by atoms with van der Waals surface area (Å²) in [4.78, 5) is 31.0. The van der Waals surface area contributed by atoms with E-state index in [4.69, 9.17) is 0 Å². The van der Waals surface area contributed by atoms with Gasteiger partial charge in [-0.15, -0.1) is 11.3 Å². The second-order valence-corrected chi connectivity index (χ2v) is 7.94. The summed E-state index contributed by atoms with van der Waals surface area (Å²) in [7, 11) is 0. The van der Waals surface area contributed by atoms with Crippen LogP contribution in [0, 0.1) is 13.8 Å². The summed E-state index contributed by atoms with van der Waals surface area (Å²) >= 11 is 1.70. The van der Waals surface area contributed by atoms with Crippen LogP contribution in [0.5, 0.6) is 0 Å². The number of thiazole rings is 1. The van der Waals surface area contributed by atoms with E-state index in [-0.39, 0.29) is 24.1 Å². The number of nitrogens with zero attached hydrogens (tertiary/aromatic N) is 3. The molecule has 0 saturated carbocycles. The first-order valence-electron chi connectivity index (χ1n) is 8.75. The molecule has 2 aromatic heterocycles. The molecule has 0 saturated heterocycles. The monoisotopic (exact) mass is 368 g/mol. The number of carbonyl (C=O) groups is 1. The lowest BCUT2D eigenvalue weighted by Gasteiger charge is -2.22. The molecule has 2 heterocycles. The third-order valence-electron chi connectivity index (χ3n) is 4.74. The fraction of sp³-hybridized carbons (Fsp3) is 0.368. The quantitative estimate of drug-likeness (QED) is 0.771. The van der Waals surface area contributed by atoms with Crippen LogP contribution in [-0.2, 0) is 17.8 Å². The molecule has 26 heavy (non-hydrogen) atoms. The number of carbonyl (C=O) groups excluding carboxylic acids is 1. The molecule has 1 amide bonds. The van der Waals surface area contributed by atoms with Crippen molar-refractivity contribution in [2.45, 2.75) is 45.7 Å². The van der Waals surface area contributed by atoms with Gasteiger partial charge in [0.25, 0.3) is 5.56 Å². The predicted molar refractivity (Wildman–Crippen MR) is 101 cm³/mol. The molecule has 1 aromatic carbocycles. The molecule has 0 fully saturated rings. The smallest absolute Gasteiger partial charge is 0.275 e. The van der Waals surface area contributed by atoms with Crippen LogP contribution < -0.4 is 10.9 Å². The van der Waals surface area contributed by atoms with E-state index in [1.165, 1.54) is 9.56 Å². The van der Waals surface area contributed by atoms with Crippen molar-refractivity contribution < 1.29 is 4.79 Å². The standard InChI is InChI=1S/C19H20N4O2S/c1-11-13-6-3-4-7-14(13)19(25)23(22-11)10-17(24)21-15-8-5-9-16-18(15)20-12(2)26-16/h3-4,6-7,15H,5,8-10H2,1-2H3,(H,21,24)/t15-/m0/s1. The molecule has 4 rings (SSSR count). The van der Waals surface area contributed by atoms with Gasteiger partial charge in [-0.1, -0.05) is 18.2 Å². The Kier molecular flexibility index (Phi) is 4.32. The molecule has 1 aliphatic rings. The summed E-state index contributed by atoms with van der Waals surface area (Å²) in [5, 5.41) is 9.79. The van der Waals surface area contributed by atoms with Crippen molar-refractivity contribution in [1.29, 1.82) is 0 Å². The van der Waals surface area contributed by atoms with Crippen LogP contribution in [0.2, 0.25) is 0 Å². The maximum absolute atomic E-state index is 12.6. The van der Waals surface area contributed by atoms with E-state index in [1.807, 2.05) is 32.0 Å². The molecule has 7 heteroatoms. The number of benzene rings is 1. The van der Waals surface area contributed by atoms with Crippen molar-refractivity contribution in [3.8, 4) is 0 Å². The van der Waals surface area contributed by atoms with Gasteiger partial charge in [-0.05, 0) is 39.2 Å². The van der Waals surface area contributed by atoms with Gasteiger partial charge in [-0.25, -0.2) is 9.67 Å². The Labute approximate surface area is 154 Å². The molecular weight excluding hydrogens is 348 g/mol. The number of nitrogens with one attached hydrogen (secondary N) is 1. The molecule has 6 nitrogen and oxygen atoms in total. The summed E-state index contributed by atoms with van der Waals surface area (Å²) in [5.41, 5.74) is 1.49. The fourth-order valence-electron chi connectivity index (χ4n) is 3.57. The zero-order valence-corrected chi connectivity index (χ0v) is 15.6. The lowest BCUT2D eigenvalue weighted by atomic mass is 9.97. The van der Waals surface area contributed by atoms with Gasteiger partial charge < -0.3 is 5.32 Å². The van der Waals surface area contributed by atoms with Crippen LogP contribution in [0.1, 0.15) is 40.2 Å². The highest BCUT2D eigenvalue weighted by Crippen LogP contribution is 2.32. The van der Waals surface area contributed by atoms with Gasteiger partial charge in [0.15, 0.2) is 0 Å². The highest BCUT2D eigenvalue weighted by atomic mass is 32.1. The van der Waals surface area contributed by atoms with Gasteiger partial charge in [0.1, 0.15) is 6.54 Å². The molecule has 1 atom stereocenters. The molecule has 134 valence electrons. The summed E-state index contributed by atoms with van der Waals surface area (Å²) in [5.74, 6) is -0.210. The topological polar surface area (TPSA) is 76.9 Å². The van der Waals surface area contributed by atoms with E-state index in [0.29, 0.717) is 5.39 Å². The Hall–Kier alpha value is -2.54. The third-order valence-corrected chi connectivity index (χ3v) is 5.79. The van der Waals surface area contributed by atoms with Crippen LogP contribution in [-0.4, -0.2) is 20.7 Å². The number of hydrogen-bond donors (Lipinski definition) is 1. The Balaban J connectivity index is 1.57. The Morgan fingerprint density at radius 3 is 2.88 bits per heavy atom. The first kappa shape index (κ1) is 16.9. The maximum Gasteiger partial charge on any atom is 0.275 e. The second kappa shape index (κ2) is 6.64. The summed E-state index contributed by atoms with van der Waals surface area (Å²) in [6.45, 7) is 3.75. The summed E-state index contributed by atoms with van der Waals surface area (Å²) in [6.07, 6.45) is 2.94. The number of rotatable bonds is 3. The SMILES string of the molecule is Cc1nc2c(s1)CCC[C@@H]2NC(=O)Cn1nc(C)c2ccccc2c1=O. The van der Waals surface area contributed by atoms with Gasteiger partial charge in [0.2, 0.25) is 5.91 Å². The first-order chi connectivity index (χ1) is 12.5. The normalized spacial score (nSPS) is 16.5. The maximum atomic E-state index is 12.6. The highest BCUT2D eigenvalue weighted by molar-refractivity contribution is 7.11. The molecule has 0 unspecified atom stereocenters. The molecule has 0 aliphatic heterocycles. The van der Waals surface area contributed by atoms with Crippen molar-refractivity contribution in [3.63, 3.8) is 0 Å². The third kappa shape index (κ3) is 3.03. The van der Waals surface area contributed by atoms with Crippen LogP contribution in [0.15, 0.2) is 29.1 Å². The average molecular weight is 368 g/mol. The number of hydrogen-bond acceptors (Lipinski definition) is 5. The zero-order valence-electron chi connectivity index (χ0n) is 14.8. The lowest BCUT2D eigenvalue weighted by Crippen LogP contribution is -2.37. The van der Waals surface area contributed by atoms with Gasteiger partial charge in [0, 0.05) is 10.3 Å². The molecule has 1 N–H and O–H groups in total. The van der Waals surface area contributed by atoms with Crippen molar-refractivity contribution in [3.05, 3.63) is 55.9 Å².